The lowest BCUT2D eigenvalue weighted by Crippen LogP contribution is -2.25. The average molecular weight is 1780 g/mol. The molecule has 0 N–H and O–H groups in total. The second-order valence-electron chi connectivity index (χ2n) is 37.6. The third-order valence-corrected chi connectivity index (χ3v) is 30.4. The standard InChI is InChI=1S/2C67H41N3/c1-2-19-42(20-3-1)66-68-61(41-62(69-66)55-30-18-34-60-65(55)54-29-10-15-33-59(54)67(60)57-31-13-8-25-50(57)51-26-9-14-32-58(51)67)45-37-44(56-40-43-21-4-5-22-47(43)48-23-6-7-24-49(48)56)38-46(39-45)70-63-35-16-11-27-52(63)53-28-12-17-36-64(53)70;1-2-18-42(19-3-1)66-68-62(44-34-35-54-53-26-10-15-31-60(53)67(61(54)40-44)58-29-13-8-24-51(58)52-25-9-14-30-59(52)67)41-63(69-66)46-36-45(57-39-43-20-4-5-21-48(43)49-22-6-7-23-50(49)57)37-47(38-46)70-64-32-16-11-27-55(64)56-28-12-17-33-65(56)70/h2*1-41H. The van der Waals surface area contributed by atoms with Crippen LogP contribution in [0.4, 0.5) is 0 Å². The van der Waals surface area contributed by atoms with E-state index in [-0.39, 0.29) is 0 Å². The average Bonchev–Trinajstić information content (AvgIpc) is 1.51. The number of hydrogen-bond acceptors (Lipinski definition) is 4. The number of aromatic nitrogens is 6. The van der Waals surface area contributed by atoms with E-state index in [1.165, 1.54) is 165 Å². The Morgan fingerprint density at radius 2 is 0.443 bits per heavy atom. The second-order valence-corrected chi connectivity index (χ2v) is 37.6. The van der Waals surface area contributed by atoms with Crippen molar-refractivity contribution in [3.63, 3.8) is 0 Å². The van der Waals surface area contributed by atoms with Gasteiger partial charge in [0.1, 0.15) is 0 Å². The Balaban J connectivity index is 0.000000134. The molecular formula is C134H82N6. The molecule has 0 atom stereocenters. The molecule has 0 amide bonds. The highest BCUT2D eigenvalue weighted by Gasteiger charge is 2.54. The predicted octanol–water partition coefficient (Wildman–Crippen LogP) is 33.8. The Labute approximate surface area is 808 Å². The van der Waals surface area contributed by atoms with Gasteiger partial charge in [0, 0.05) is 66.3 Å². The van der Waals surface area contributed by atoms with Gasteiger partial charge in [-0.25, -0.2) is 19.9 Å². The third-order valence-electron chi connectivity index (χ3n) is 30.4. The van der Waals surface area contributed by atoms with Crippen molar-refractivity contribution in [2.75, 3.05) is 0 Å². The van der Waals surface area contributed by atoms with Crippen molar-refractivity contribution in [2.24, 2.45) is 0 Å². The maximum atomic E-state index is 5.55. The van der Waals surface area contributed by atoms with Crippen molar-refractivity contribution in [3.8, 4) is 146 Å². The zero-order chi connectivity index (χ0) is 91.8. The van der Waals surface area contributed by atoms with Crippen molar-refractivity contribution in [3.05, 3.63) is 542 Å². The number of rotatable bonds is 10. The summed E-state index contributed by atoms with van der Waals surface area (Å²) in [5.41, 5.74) is 40.6. The van der Waals surface area contributed by atoms with Gasteiger partial charge < -0.3 is 9.13 Å². The number of benzene rings is 22. The van der Waals surface area contributed by atoms with Gasteiger partial charge in [0.15, 0.2) is 11.6 Å². The first-order valence-corrected chi connectivity index (χ1v) is 48.3. The molecule has 6 heteroatoms. The maximum absolute atomic E-state index is 5.55. The van der Waals surface area contributed by atoms with E-state index >= 15 is 0 Å². The summed E-state index contributed by atoms with van der Waals surface area (Å²) in [5.74, 6) is 1.37. The molecule has 0 aliphatic heterocycles. The molecule has 26 aromatic rings. The molecule has 0 unspecified atom stereocenters. The second kappa shape index (κ2) is 31.1. The predicted molar refractivity (Wildman–Crippen MR) is 579 cm³/mol. The lowest BCUT2D eigenvalue weighted by molar-refractivity contribution is 0.794. The summed E-state index contributed by atoms with van der Waals surface area (Å²) < 4.78 is 4.86. The number of nitrogens with zero attached hydrogens (tertiary/aromatic N) is 6. The molecule has 648 valence electrons. The zero-order valence-corrected chi connectivity index (χ0v) is 76.0. The van der Waals surface area contributed by atoms with E-state index in [0.717, 1.165) is 101 Å². The van der Waals surface area contributed by atoms with Crippen LogP contribution in [0.5, 0.6) is 0 Å². The minimum Gasteiger partial charge on any atom is -0.309 e. The summed E-state index contributed by atoms with van der Waals surface area (Å²) in [4.78, 5) is 22.1. The van der Waals surface area contributed by atoms with Crippen LogP contribution in [-0.4, -0.2) is 29.1 Å². The van der Waals surface area contributed by atoms with Gasteiger partial charge in [-0.3, -0.25) is 0 Å². The molecule has 4 aliphatic rings. The largest absolute Gasteiger partial charge is 0.309 e. The van der Waals surface area contributed by atoms with E-state index in [1.807, 2.05) is 0 Å². The van der Waals surface area contributed by atoms with Crippen LogP contribution >= 0.6 is 0 Å². The van der Waals surface area contributed by atoms with Crippen LogP contribution in [-0.2, 0) is 10.8 Å². The first-order valence-electron chi connectivity index (χ1n) is 48.3. The maximum Gasteiger partial charge on any atom is 0.160 e. The molecule has 0 bridgehead atoms. The topological polar surface area (TPSA) is 61.4 Å². The van der Waals surface area contributed by atoms with Gasteiger partial charge in [0.05, 0.1) is 55.7 Å². The normalized spacial score (nSPS) is 13.0. The highest BCUT2D eigenvalue weighted by molar-refractivity contribution is 6.17. The summed E-state index contributed by atoms with van der Waals surface area (Å²) in [5, 5.41) is 14.7. The van der Waals surface area contributed by atoms with Gasteiger partial charge >= 0.3 is 0 Å². The van der Waals surface area contributed by atoms with Crippen LogP contribution < -0.4 is 0 Å². The number of hydrogen-bond donors (Lipinski definition) is 0. The van der Waals surface area contributed by atoms with Crippen molar-refractivity contribution in [1.29, 1.82) is 0 Å². The van der Waals surface area contributed by atoms with Crippen LogP contribution in [0.1, 0.15) is 44.5 Å². The lowest BCUT2D eigenvalue weighted by atomic mass is 9.70. The molecule has 0 fully saturated rings. The van der Waals surface area contributed by atoms with Crippen molar-refractivity contribution in [1.82, 2.24) is 29.1 Å². The van der Waals surface area contributed by atoms with Gasteiger partial charge in [-0.05, 0) is 245 Å². The van der Waals surface area contributed by atoms with E-state index in [1.54, 1.807) is 0 Å². The summed E-state index contributed by atoms with van der Waals surface area (Å²) in [7, 11) is 0. The molecule has 4 heterocycles. The van der Waals surface area contributed by atoms with Gasteiger partial charge in [-0.15, -0.1) is 0 Å². The fourth-order valence-electron chi connectivity index (χ4n) is 24.6. The molecule has 0 saturated heterocycles. The van der Waals surface area contributed by atoms with Crippen LogP contribution in [0.3, 0.4) is 0 Å². The summed E-state index contributed by atoms with van der Waals surface area (Å²) >= 11 is 0. The van der Waals surface area contributed by atoms with Gasteiger partial charge in [0.25, 0.3) is 0 Å². The van der Waals surface area contributed by atoms with E-state index in [0.29, 0.717) is 11.6 Å². The Morgan fingerprint density at radius 3 is 0.864 bits per heavy atom. The Morgan fingerprint density at radius 1 is 0.150 bits per heavy atom. The first kappa shape index (κ1) is 79.1. The quantitative estimate of drug-likeness (QED) is 0.128. The Hall–Kier alpha value is -18.4. The van der Waals surface area contributed by atoms with Crippen molar-refractivity contribution < 1.29 is 0 Å². The zero-order valence-electron chi connectivity index (χ0n) is 76.0. The molecule has 140 heavy (non-hydrogen) atoms. The van der Waals surface area contributed by atoms with Crippen molar-refractivity contribution >= 4 is 86.7 Å². The highest BCUT2D eigenvalue weighted by Crippen LogP contribution is 2.66. The van der Waals surface area contributed by atoms with Crippen LogP contribution in [0, 0.1) is 0 Å². The molecule has 30 rings (SSSR count). The SMILES string of the molecule is c1ccc(-c2nc(-c3cc(-c4cc5ccccc5c5ccccc45)cc(-n4c5ccccc5c5ccccc54)c3)cc(-c3ccc4c(c3)C3(c5ccccc5-c5ccccc53)c3ccccc3-4)n2)cc1.c1ccc(-c2nc(-c3cc(-c4cc5ccccc5c5ccccc45)cc(-n4c5ccccc5c5ccccc54)c3)cc(-c3cccc4c3-c3ccccc3C43c4ccccc4-c4ccccc43)n2)cc1. The molecule has 6 nitrogen and oxygen atoms in total. The molecule has 0 saturated carbocycles. The van der Waals surface area contributed by atoms with E-state index in [9.17, 15) is 0 Å². The van der Waals surface area contributed by atoms with Crippen molar-refractivity contribution in [2.45, 2.75) is 10.8 Å². The fourth-order valence-corrected chi connectivity index (χ4v) is 24.6. The fraction of sp³-hybridized carbons (Fsp3) is 0.0149. The summed E-state index contributed by atoms with van der Waals surface area (Å²) in [6.45, 7) is 0. The minimum absolute atomic E-state index is 0.471. The smallest absolute Gasteiger partial charge is 0.160 e. The molecule has 22 aromatic carbocycles. The molecule has 0 radical (unpaired) electrons. The lowest BCUT2D eigenvalue weighted by Gasteiger charge is -2.30. The van der Waals surface area contributed by atoms with Crippen LogP contribution in [0.2, 0.25) is 0 Å². The van der Waals surface area contributed by atoms with Crippen LogP contribution in [0.15, 0.2) is 497 Å². The van der Waals surface area contributed by atoms with E-state index in [2.05, 4.69) is 507 Å². The van der Waals surface area contributed by atoms with Crippen LogP contribution in [0.25, 0.3) is 233 Å². The minimum atomic E-state index is -0.471. The van der Waals surface area contributed by atoms with Gasteiger partial charge in [0.2, 0.25) is 0 Å². The molecular weight excluding hydrogens is 1690 g/mol. The Kier molecular flexibility index (Phi) is 17.6. The summed E-state index contributed by atoms with van der Waals surface area (Å²) in [6.07, 6.45) is 0. The summed E-state index contributed by atoms with van der Waals surface area (Å²) in [6, 6.07) is 182. The Bertz CT molecular complexity index is 9420. The first-order chi connectivity index (χ1) is 69.4. The van der Waals surface area contributed by atoms with E-state index in [4.69, 9.17) is 19.9 Å². The third kappa shape index (κ3) is 11.7. The van der Waals surface area contributed by atoms with E-state index < -0.39 is 10.8 Å². The molecule has 2 spiro atoms. The number of para-hydroxylation sites is 4. The monoisotopic (exact) mass is 1770 g/mol. The molecule has 4 aliphatic carbocycles. The molecule has 4 aromatic heterocycles. The number of fused-ring (bicyclic) bond motifs is 32. The van der Waals surface area contributed by atoms with Gasteiger partial charge in [-0.1, -0.05) is 406 Å². The van der Waals surface area contributed by atoms with Gasteiger partial charge in [-0.2, -0.15) is 0 Å². The highest BCUT2D eigenvalue weighted by atomic mass is 15.0.